The molecule has 2 aromatic rings. The zero-order chi connectivity index (χ0) is 23.5. The molecule has 5 nitrogen and oxygen atoms in total. The third-order valence-electron chi connectivity index (χ3n) is 5.41. The molecule has 0 aliphatic carbocycles. The van der Waals surface area contributed by atoms with E-state index in [0.29, 0.717) is 19.8 Å². The molecule has 0 saturated carbocycles. The van der Waals surface area contributed by atoms with Crippen LogP contribution in [0.4, 0.5) is 0 Å². The molecule has 0 aliphatic heterocycles. The highest BCUT2D eigenvalue weighted by Crippen LogP contribution is 2.29. The highest BCUT2D eigenvalue weighted by Gasteiger charge is 2.10. The summed E-state index contributed by atoms with van der Waals surface area (Å²) in [6.07, 6.45) is 5.82. The topological polar surface area (TPSA) is 49.3 Å². The van der Waals surface area contributed by atoms with Gasteiger partial charge in [-0.25, -0.2) is 0 Å². The molecular weight excluding hydrogens is 402 g/mol. The van der Waals surface area contributed by atoms with E-state index in [9.17, 15) is 0 Å². The van der Waals surface area contributed by atoms with E-state index in [0.717, 1.165) is 63.6 Å². The predicted molar refractivity (Wildman–Crippen MR) is 132 cm³/mol. The lowest BCUT2D eigenvalue weighted by molar-refractivity contribution is 0.213. The summed E-state index contributed by atoms with van der Waals surface area (Å²) in [5.74, 6) is 2.73. The number of unbranched alkanes of at least 4 members (excludes halogenated alkanes) is 1. The standard InChI is InChI=1S/C27H37NO4/c1-8-9-14-30-24-17-19(2)27(20(3)18-24)32-16-11-10-15-31-26-13-12-25(21(4)22(26)5)23(6)28-29-7/h8-9,12-13,17-18H,10-11,14-16H2,1-7H3/b9-8+,28-23?. The summed E-state index contributed by atoms with van der Waals surface area (Å²) < 4.78 is 17.8. The van der Waals surface area contributed by atoms with Crippen LogP contribution in [-0.2, 0) is 4.84 Å². The molecule has 5 heteroatoms. The molecule has 0 saturated heterocycles. The van der Waals surface area contributed by atoms with Gasteiger partial charge in [-0.05, 0) is 101 Å². The molecule has 0 amide bonds. The van der Waals surface area contributed by atoms with Crippen LogP contribution in [0.1, 0.15) is 54.5 Å². The minimum absolute atomic E-state index is 0.581. The van der Waals surface area contributed by atoms with Crippen molar-refractivity contribution < 1.29 is 19.0 Å². The first-order valence-corrected chi connectivity index (χ1v) is 11.2. The van der Waals surface area contributed by atoms with Gasteiger partial charge in [0, 0.05) is 5.56 Å². The third kappa shape index (κ3) is 7.04. The first-order valence-electron chi connectivity index (χ1n) is 11.2. The molecule has 0 unspecified atom stereocenters. The van der Waals surface area contributed by atoms with Gasteiger partial charge in [0.1, 0.15) is 31.0 Å². The van der Waals surface area contributed by atoms with Gasteiger partial charge < -0.3 is 19.0 Å². The van der Waals surface area contributed by atoms with Gasteiger partial charge in [0.15, 0.2) is 0 Å². The summed E-state index contributed by atoms with van der Waals surface area (Å²) in [5, 5.41) is 4.03. The van der Waals surface area contributed by atoms with Crippen molar-refractivity contribution in [2.75, 3.05) is 26.9 Å². The van der Waals surface area contributed by atoms with Crippen molar-refractivity contribution in [1.29, 1.82) is 0 Å². The predicted octanol–water partition coefficient (Wildman–Crippen LogP) is 6.48. The quantitative estimate of drug-likeness (QED) is 0.164. The van der Waals surface area contributed by atoms with Crippen LogP contribution < -0.4 is 14.2 Å². The first-order chi connectivity index (χ1) is 15.4. The van der Waals surface area contributed by atoms with Crippen molar-refractivity contribution in [2.45, 2.75) is 54.4 Å². The van der Waals surface area contributed by atoms with Crippen molar-refractivity contribution in [2.24, 2.45) is 5.16 Å². The number of nitrogens with zero attached hydrogens (tertiary/aromatic N) is 1. The maximum Gasteiger partial charge on any atom is 0.125 e. The molecule has 0 heterocycles. The second-order valence-corrected chi connectivity index (χ2v) is 7.89. The molecular formula is C27H37NO4. The van der Waals surface area contributed by atoms with Crippen molar-refractivity contribution >= 4 is 5.71 Å². The Hall–Kier alpha value is -2.95. The summed E-state index contributed by atoms with van der Waals surface area (Å²) >= 11 is 0. The summed E-state index contributed by atoms with van der Waals surface area (Å²) in [6, 6.07) is 8.11. The van der Waals surface area contributed by atoms with Gasteiger partial charge >= 0.3 is 0 Å². The van der Waals surface area contributed by atoms with Crippen molar-refractivity contribution in [3.63, 3.8) is 0 Å². The minimum Gasteiger partial charge on any atom is -0.493 e. The number of allylic oxidation sites excluding steroid dienone is 1. The number of oxime groups is 1. The average Bonchev–Trinajstić information content (AvgIpc) is 2.75. The van der Waals surface area contributed by atoms with Gasteiger partial charge in [-0.2, -0.15) is 0 Å². The lowest BCUT2D eigenvalue weighted by atomic mass is 9.99. The lowest BCUT2D eigenvalue weighted by Gasteiger charge is -2.15. The fourth-order valence-electron chi connectivity index (χ4n) is 3.55. The summed E-state index contributed by atoms with van der Waals surface area (Å²) in [4.78, 5) is 4.89. The Morgan fingerprint density at radius 2 is 1.56 bits per heavy atom. The Kier molecular flexibility index (Phi) is 10.1. The second kappa shape index (κ2) is 12.8. The van der Waals surface area contributed by atoms with Crippen molar-refractivity contribution in [3.05, 3.63) is 64.2 Å². The largest absolute Gasteiger partial charge is 0.493 e. The zero-order valence-electron chi connectivity index (χ0n) is 20.6. The Labute approximate surface area is 193 Å². The van der Waals surface area contributed by atoms with Gasteiger partial charge in [0.05, 0.1) is 18.9 Å². The monoisotopic (exact) mass is 439 g/mol. The van der Waals surface area contributed by atoms with Crippen LogP contribution in [0.3, 0.4) is 0 Å². The van der Waals surface area contributed by atoms with E-state index in [2.05, 4.69) is 32.9 Å². The van der Waals surface area contributed by atoms with Crippen molar-refractivity contribution in [1.82, 2.24) is 0 Å². The van der Waals surface area contributed by atoms with Gasteiger partial charge in [-0.3, -0.25) is 0 Å². The molecule has 0 aliphatic rings. The SMILES string of the molecule is C/C=C/COc1cc(C)c(OCCCCOc2ccc(C(C)=NOC)c(C)c2C)c(C)c1. The maximum atomic E-state index is 6.06. The summed E-state index contributed by atoms with van der Waals surface area (Å²) in [6.45, 7) is 14.1. The van der Waals surface area contributed by atoms with Gasteiger partial charge in [-0.15, -0.1) is 0 Å². The van der Waals surface area contributed by atoms with Gasteiger partial charge in [0.2, 0.25) is 0 Å². The van der Waals surface area contributed by atoms with Gasteiger partial charge in [-0.1, -0.05) is 17.3 Å². The maximum absolute atomic E-state index is 6.06. The number of benzene rings is 2. The first kappa shape index (κ1) is 25.3. The molecule has 32 heavy (non-hydrogen) atoms. The van der Waals surface area contributed by atoms with E-state index in [-0.39, 0.29) is 0 Å². The van der Waals surface area contributed by atoms with Crippen LogP contribution in [-0.4, -0.2) is 32.6 Å². The van der Waals surface area contributed by atoms with E-state index in [1.807, 2.05) is 50.3 Å². The molecule has 0 atom stereocenters. The van der Waals surface area contributed by atoms with Crippen LogP contribution in [0, 0.1) is 27.7 Å². The number of ether oxygens (including phenoxy) is 3. The number of rotatable bonds is 12. The third-order valence-corrected chi connectivity index (χ3v) is 5.41. The van der Waals surface area contributed by atoms with Crippen LogP contribution in [0.5, 0.6) is 17.2 Å². The van der Waals surface area contributed by atoms with E-state index in [1.54, 1.807) is 7.11 Å². The molecule has 0 spiro atoms. The second-order valence-electron chi connectivity index (χ2n) is 7.89. The Morgan fingerprint density at radius 3 is 2.19 bits per heavy atom. The highest BCUT2D eigenvalue weighted by atomic mass is 16.6. The normalized spacial score (nSPS) is 11.7. The highest BCUT2D eigenvalue weighted by molar-refractivity contribution is 6.00. The number of hydrogen-bond donors (Lipinski definition) is 0. The lowest BCUT2D eigenvalue weighted by Crippen LogP contribution is -2.06. The molecule has 0 N–H and O–H groups in total. The molecule has 0 aromatic heterocycles. The summed E-state index contributed by atoms with van der Waals surface area (Å²) in [5.41, 5.74) is 6.42. The number of hydrogen-bond acceptors (Lipinski definition) is 5. The van der Waals surface area contributed by atoms with E-state index in [4.69, 9.17) is 19.0 Å². The number of aryl methyl sites for hydroxylation is 2. The molecule has 0 fully saturated rings. The van der Waals surface area contributed by atoms with Crippen LogP contribution in [0.25, 0.3) is 0 Å². The molecule has 0 radical (unpaired) electrons. The fraction of sp³-hybridized carbons (Fsp3) is 0.444. The van der Waals surface area contributed by atoms with Crippen molar-refractivity contribution in [3.8, 4) is 17.2 Å². The van der Waals surface area contributed by atoms with E-state index < -0.39 is 0 Å². The smallest absolute Gasteiger partial charge is 0.125 e. The van der Waals surface area contributed by atoms with E-state index in [1.165, 1.54) is 0 Å². The van der Waals surface area contributed by atoms with E-state index >= 15 is 0 Å². The zero-order valence-corrected chi connectivity index (χ0v) is 20.6. The Morgan fingerprint density at radius 1 is 0.906 bits per heavy atom. The van der Waals surface area contributed by atoms with Crippen LogP contribution >= 0.6 is 0 Å². The fourth-order valence-corrected chi connectivity index (χ4v) is 3.55. The van der Waals surface area contributed by atoms with Crippen LogP contribution in [0.15, 0.2) is 41.6 Å². The molecule has 2 rings (SSSR count). The summed E-state index contributed by atoms with van der Waals surface area (Å²) in [7, 11) is 1.56. The molecule has 0 bridgehead atoms. The Balaban J connectivity index is 1.81. The average molecular weight is 440 g/mol. The van der Waals surface area contributed by atoms with Crippen LogP contribution in [0.2, 0.25) is 0 Å². The molecule has 2 aromatic carbocycles. The van der Waals surface area contributed by atoms with Gasteiger partial charge in [0.25, 0.3) is 0 Å². The minimum atomic E-state index is 0.581. The molecule has 174 valence electrons. The Bertz CT molecular complexity index is 924.